The van der Waals surface area contributed by atoms with Crippen molar-refractivity contribution in [2.45, 2.75) is 76.5 Å². The number of benzene rings is 2. The first-order valence-electron chi connectivity index (χ1n) is 12.0. The molecular weight excluding hydrogens is 486 g/mol. The highest BCUT2D eigenvalue weighted by Crippen LogP contribution is 2.26. The number of carbonyl (C=O) groups excluding carboxylic acids is 2. The standard InChI is InChI=1S/C26H34ClN3O4S/c1-18(2)30(19(3)4)26(32)21-10-8-20(9-11-21)17-29(24-7-5-6-16-28-25(24)31)35(33,34)23-14-12-22(27)13-15-23/h8-15,18-19,24H,5-7,16-17H2,1-4H3,(H,28,31)/t24-/m1/s1. The van der Waals surface area contributed by atoms with Crippen LogP contribution in [0.3, 0.4) is 0 Å². The summed E-state index contributed by atoms with van der Waals surface area (Å²) in [5, 5.41) is 3.27. The summed E-state index contributed by atoms with van der Waals surface area (Å²) in [4.78, 5) is 27.7. The molecule has 1 saturated heterocycles. The predicted molar refractivity (Wildman–Crippen MR) is 138 cm³/mol. The fourth-order valence-electron chi connectivity index (χ4n) is 4.45. The minimum Gasteiger partial charge on any atom is -0.355 e. The van der Waals surface area contributed by atoms with Gasteiger partial charge >= 0.3 is 0 Å². The van der Waals surface area contributed by atoms with Gasteiger partial charge in [0.1, 0.15) is 6.04 Å². The third-order valence-corrected chi connectivity index (χ3v) is 8.28. The van der Waals surface area contributed by atoms with Gasteiger partial charge in [0.15, 0.2) is 0 Å². The summed E-state index contributed by atoms with van der Waals surface area (Å²) in [6.07, 6.45) is 1.98. The largest absolute Gasteiger partial charge is 0.355 e. The zero-order chi connectivity index (χ0) is 25.8. The highest BCUT2D eigenvalue weighted by Gasteiger charge is 2.36. The Bertz CT molecular complexity index is 1120. The van der Waals surface area contributed by atoms with Gasteiger partial charge in [-0.15, -0.1) is 0 Å². The van der Waals surface area contributed by atoms with Crippen molar-refractivity contribution in [1.29, 1.82) is 0 Å². The van der Waals surface area contributed by atoms with Gasteiger partial charge in [0.05, 0.1) is 4.90 Å². The molecule has 190 valence electrons. The van der Waals surface area contributed by atoms with Gasteiger partial charge in [0, 0.05) is 35.8 Å². The fraction of sp³-hybridized carbons (Fsp3) is 0.462. The second-order valence-electron chi connectivity index (χ2n) is 9.40. The van der Waals surface area contributed by atoms with Crippen LogP contribution in [0.5, 0.6) is 0 Å². The van der Waals surface area contributed by atoms with Crippen LogP contribution in [0.4, 0.5) is 0 Å². The molecule has 0 aliphatic carbocycles. The number of rotatable bonds is 8. The highest BCUT2D eigenvalue weighted by atomic mass is 35.5. The van der Waals surface area contributed by atoms with Crippen molar-refractivity contribution < 1.29 is 18.0 Å². The van der Waals surface area contributed by atoms with E-state index < -0.39 is 16.1 Å². The van der Waals surface area contributed by atoms with Crippen molar-refractivity contribution >= 4 is 33.4 Å². The molecule has 2 aromatic rings. The molecular formula is C26H34ClN3O4S. The van der Waals surface area contributed by atoms with Gasteiger partial charge in [-0.3, -0.25) is 9.59 Å². The summed E-state index contributed by atoms with van der Waals surface area (Å²) in [5.74, 6) is -0.369. The second kappa shape index (κ2) is 11.5. The molecule has 9 heteroatoms. The Hall–Kier alpha value is -2.42. The number of carbonyl (C=O) groups is 2. The van der Waals surface area contributed by atoms with Crippen LogP contribution in [0.25, 0.3) is 0 Å². The minimum atomic E-state index is -3.99. The summed E-state index contributed by atoms with van der Waals surface area (Å²) < 4.78 is 28.6. The second-order valence-corrected chi connectivity index (χ2v) is 11.7. The zero-order valence-electron chi connectivity index (χ0n) is 20.7. The SMILES string of the molecule is CC(C)N(C(=O)c1ccc(CN([C@@H]2CCCCNC2=O)S(=O)(=O)c2ccc(Cl)cc2)cc1)C(C)C. The summed E-state index contributed by atoms with van der Waals surface area (Å²) in [7, 11) is -3.99. The molecule has 0 bridgehead atoms. The normalized spacial score (nSPS) is 16.9. The molecule has 35 heavy (non-hydrogen) atoms. The van der Waals surface area contributed by atoms with Gasteiger partial charge in [0.2, 0.25) is 15.9 Å². The van der Waals surface area contributed by atoms with E-state index in [0.717, 1.165) is 12.8 Å². The van der Waals surface area contributed by atoms with E-state index in [1.807, 2.05) is 32.6 Å². The first-order valence-corrected chi connectivity index (χ1v) is 13.8. The van der Waals surface area contributed by atoms with Crippen molar-refractivity contribution in [1.82, 2.24) is 14.5 Å². The molecule has 2 aromatic carbocycles. The van der Waals surface area contributed by atoms with Crippen LogP contribution in [0.2, 0.25) is 5.02 Å². The zero-order valence-corrected chi connectivity index (χ0v) is 22.3. The summed E-state index contributed by atoms with van der Waals surface area (Å²) in [6, 6.07) is 12.2. The van der Waals surface area contributed by atoms with E-state index in [-0.39, 0.29) is 35.3 Å². The third-order valence-electron chi connectivity index (χ3n) is 6.16. The Morgan fingerprint density at radius 3 is 2.17 bits per heavy atom. The van der Waals surface area contributed by atoms with Gasteiger partial charge in [-0.05, 0) is 88.9 Å². The van der Waals surface area contributed by atoms with E-state index in [4.69, 9.17) is 11.6 Å². The number of nitrogens with zero attached hydrogens (tertiary/aromatic N) is 2. The van der Waals surface area contributed by atoms with Crippen LogP contribution in [0.1, 0.15) is 62.9 Å². The van der Waals surface area contributed by atoms with E-state index >= 15 is 0 Å². The third kappa shape index (κ3) is 6.42. The molecule has 1 atom stereocenters. The van der Waals surface area contributed by atoms with E-state index in [1.54, 1.807) is 24.3 Å². The number of sulfonamides is 1. The monoisotopic (exact) mass is 519 g/mol. The number of hydrogen-bond acceptors (Lipinski definition) is 4. The molecule has 0 aromatic heterocycles. The van der Waals surface area contributed by atoms with Crippen LogP contribution < -0.4 is 5.32 Å². The van der Waals surface area contributed by atoms with Crippen molar-refractivity contribution in [3.63, 3.8) is 0 Å². The molecule has 0 spiro atoms. The first kappa shape index (κ1) is 27.2. The minimum absolute atomic E-state index is 0.00952. The van der Waals surface area contributed by atoms with E-state index in [2.05, 4.69) is 5.32 Å². The maximum absolute atomic E-state index is 13.7. The summed E-state index contributed by atoms with van der Waals surface area (Å²) in [6.45, 7) is 8.44. The molecule has 0 unspecified atom stereocenters. The van der Waals surface area contributed by atoms with Gasteiger partial charge in [-0.25, -0.2) is 8.42 Å². The van der Waals surface area contributed by atoms with E-state index in [9.17, 15) is 18.0 Å². The molecule has 7 nitrogen and oxygen atoms in total. The lowest BCUT2D eigenvalue weighted by Crippen LogP contribution is -2.48. The summed E-state index contributed by atoms with van der Waals surface area (Å²) in [5.41, 5.74) is 1.23. The van der Waals surface area contributed by atoms with Gasteiger partial charge < -0.3 is 10.2 Å². The quantitative estimate of drug-likeness (QED) is 0.558. The molecule has 1 aliphatic heterocycles. The molecule has 0 saturated carbocycles. The molecule has 1 N–H and O–H groups in total. The predicted octanol–water partition coefficient (Wildman–Crippen LogP) is 4.46. The van der Waals surface area contributed by atoms with Crippen LogP contribution in [0.15, 0.2) is 53.4 Å². The van der Waals surface area contributed by atoms with E-state index in [1.165, 1.54) is 28.6 Å². The average Bonchev–Trinajstić information content (AvgIpc) is 3.01. The number of halogens is 1. The smallest absolute Gasteiger partial charge is 0.254 e. The molecule has 0 radical (unpaired) electrons. The first-order chi connectivity index (χ1) is 16.5. The van der Waals surface area contributed by atoms with Crippen LogP contribution >= 0.6 is 11.6 Å². The Kier molecular flexibility index (Phi) is 8.96. The lowest BCUT2D eigenvalue weighted by Gasteiger charge is -2.31. The van der Waals surface area contributed by atoms with Gasteiger partial charge in [0.25, 0.3) is 5.91 Å². The molecule has 2 amide bonds. The molecule has 1 heterocycles. The van der Waals surface area contributed by atoms with Crippen LogP contribution in [-0.4, -0.2) is 54.1 Å². The van der Waals surface area contributed by atoms with Crippen molar-refractivity contribution in [3.8, 4) is 0 Å². The Labute approximate surface area is 213 Å². The number of nitrogens with one attached hydrogen (secondary N) is 1. The molecule has 3 rings (SSSR count). The molecule has 1 fully saturated rings. The fourth-order valence-corrected chi connectivity index (χ4v) is 6.18. The van der Waals surface area contributed by atoms with Gasteiger partial charge in [-0.2, -0.15) is 4.31 Å². The van der Waals surface area contributed by atoms with Crippen molar-refractivity contribution in [3.05, 3.63) is 64.7 Å². The Balaban J connectivity index is 1.94. The lowest BCUT2D eigenvalue weighted by atomic mass is 10.1. The maximum Gasteiger partial charge on any atom is 0.254 e. The Morgan fingerprint density at radius 1 is 1.00 bits per heavy atom. The van der Waals surface area contributed by atoms with Crippen molar-refractivity contribution in [2.75, 3.05) is 6.54 Å². The van der Waals surface area contributed by atoms with Crippen molar-refractivity contribution in [2.24, 2.45) is 0 Å². The molecule has 1 aliphatic rings. The van der Waals surface area contributed by atoms with Crippen LogP contribution in [0, 0.1) is 0 Å². The maximum atomic E-state index is 13.7. The van der Waals surface area contributed by atoms with Crippen LogP contribution in [-0.2, 0) is 21.4 Å². The van der Waals surface area contributed by atoms with E-state index in [0.29, 0.717) is 29.1 Å². The Morgan fingerprint density at radius 2 is 1.60 bits per heavy atom. The van der Waals surface area contributed by atoms with Gasteiger partial charge in [-0.1, -0.05) is 23.7 Å². The number of hydrogen-bond donors (Lipinski definition) is 1. The number of amides is 2. The topological polar surface area (TPSA) is 86.8 Å². The average molecular weight is 520 g/mol. The summed E-state index contributed by atoms with van der Waals surface area (Å²) >= 11 is 5.96. The highest BCUT2D eigenvalue weighted by molar-refractivity contribution is 7.89. The lowest BCUT2D eigenvalue weighted by molar-refractivity contribution is -0.124.